The maximum Gasteiger partial charge on any atom is 0.313 e. The lowest BCUT2D eigenvalue weighted by molar-refractivity contribution is -0.142. The van der Waals surface area contributed by atoms with Gasteiger partial charge in [-0.05, 0) is 43.0 Å². The minimum Gasteiger partial charge on any atom is -0.491 e. The third-order valence-corrected chi connectivity index (χ3v) is 3.69. The zero-order valence-electron chi connectivity index (χ0n) is 13.4. The fraction of sp³-hybridized carbons (Fsp3) is 0.294. The lowest BCUT2D eigenvalue weighted by Gasteiger charge is -2.17. The summed E-state index contributed by atoms with van der Waals surface area (Å²) >= 11 is 1.46. The van der Waals surface area contributed by atoms with Gasteiger partial charge >= 0.3 is 11.8 Å². The summed E-state index contributed by atoms with van der Waals surface area (Å²) in [4.78, 5) is 25.4. The van der Waals surface area contributed by atoms with Crippen LogP contribution in [-0.4, -0.2) is 29.9 Å². The molecule has 0 atom stereocenters. The number of amides is 2. The lowest BCUT2D eigenvalue weighted by atomic mass is 10.2. The zero-order chi connectivity index (χ0) is 16.8. The Labute approximate surface area is 139 Å². The summed E-state index contributed by atoms with van der Waals surface area (Å²) in [6.45, 7) is 4.25. The number of nitrogens with zero attached hydrogens (tertiary/aromatic N) is 1. The number of carbonyl (C=O) groups is 2. The van der Waals surface area contributed by atoms with E-state index in [0.29, 0.717) is 12.2 Å². The predicted molar refractivity (Wildman–Crippen MR) is 91.6 cm³/mol. The maximum absolute atomic E-state index is 12.1. The molecular weight excluding hydrogens is 312 g/mol. The number of anilines is 1. The number of carbonyl (C=O) groups excluding carboxylic acids is 2. The molecule has 1 heterocycles. The first kappa shape index (κ1) is 17.0. The summed E-state index contributed by atoms with van der Waals surface area (Å²) in [7, 11) is 1.60. The molecule has 0 unspecified atom stereocenters. The Balaban J connectivity index is 1.96. The second kappa shape index (κ2) is 7.78. The standard InChI is InChI=1S/C17H20N2O3S/c1-12(2)22-15-6-4-5-13(9-15)10-19(3)17(21)16(20)18-14-7-8-23-11-14/h4-9,11-12H,10H2,1-3H3,(H,18,20). The Hall–Kier alpha value is -2.34. The van der Waals surface area contributed by atoms with Crippen molar-refractivity contribution in [1.29, 1.82) is 0 Å². The molecule has 5 nitrogen and oxygen atoms in total. The van der Waals surface area contributed by atoms with E-state index < -0.39 is 11.8 Å². The molecule has 1 aromatic carbocycles. The van der Waals surface area contributed by atoms with Gasteiger partial charge in [-0.3, -0.25) is 9.59 Å². The van der Waals surface area contributed by atoms with E-state index in [2.05, 4.69) is 5.32 Å². The van der Waals surface area contributed by atoms with E-state index in [9.17, 15) is 9.59 Å². The van der Waals surface area contributed by atoms with Crippen molar-refractivity contribution >= 4 is 28.8 Å². The van der Waals surface area contributed by atoms with Crippen LogP contribution >= 0.6 is 11.3 Å². The smallest absolute Gasteiger partial charge is 0.313 e. The van der Waals surface area contributed by atoms with Crippen molar-refractivity contribution in [3.05, 3.63) is 46.7 Å². The average molecular weight is 332 g/mol. The fourth-order valence-corrected chi connectivity index (χ4v) is 2.62. The summed E-state index contributed by atoms with van der Waals surface area (Å²) in [5.74, 6) is -0.465. The van der Waals surface area contributed by atoms with Crippen molar-refractivity contribution in [1.82, 2.24) is 4.90 Å². The highest BCUT2D eigenvalue weighted by Gasteiger charge is 2.19. The highest BCUT2D eigenvalue weighted by Crippen LogP contribution is 2.16. The number of hydrogen-bond acceptors (Lipinski definition) is 4. The van der Waals surface area contributed by atoms with E-state index in [-0.39, 0.29) is 6.10 Å². The molecule has 1 aromatic heterocycles. The third kappa shape index (κ3) is 5.10. The van der Waals surface area contributed by atoms with E-state index in [4.69, 9.17) is 4.74 Å². The van der Waals surface area contributed by atoms with Crippen LogP contribution in [0.3, 0.4) is 0 Å². The van der Waals surface area contributed by atoms with Crippen molar-refractivity contribution in [2.75, 3.05) is 12.4 Å². The molecule has 0 aliphatic carbocycles. The quantitative estimate of drug-likeness (QED) is 0.856. The fourth-order valence-electron chi connectivity index (χ4n) is 2.03. The number of nitrogens with one attached hydrogen (secondary N) is 1. The summed E-state index contributed by atoms with van der Waals surface area (Å²) in [5.41, 5.74) is 1.54. The first-order chi connectivity index (χ1) is 11.0. The van der Waals surface area contributed by atoms with Gasteiger partial charge in [0.25, 0.3) is 0 Å². The van der Waals surface area contributed by atoms with Gasteiger partial charge in [-0.15, -0.1) is 0 Å². The third-order valence-electron chi connectivity index (χ3n) is 3.01. The summed E-state index contributed by atoms with van der Waals surface area (Å²) < 4.78 is 5.63. The number of benzene rings is 1. The molecule has 0 fully saturated rings. The Morgan fingerprint density at radius 1 is 1.30 bits per heavy atom. The lowest BCUT2D eigenvalue weighted by Crippen LogP contribution is -2.36. The number of thiophene rings is 1. The molecule has 6 heteroatoms. The van der Waals surface area contributed by atoms with Gasteiger partial charge in [0.1, 0.15) is 5.75 Å². The van der Waals surface area contributed by atoms with Crippen LogP contribution in [0.15, 0.2) is 41.1 Å². The van der Waals surface area contributed by atoms with Crippen LogP contribution in [-0.2, 0) is 16.1 Å². The normalized spacial score (nSPS) is 10.4. The molecule has 0 saturated carbocycles. The van der Waals surface area contributed by atoms with Gasteiger partial charge in [0.15, 0.2) is 0 Å². The van der Waals surface area contributed by atoms with Gasteiger partial charge < -0.3 is 15.0 Å². The maximum atomic E-state index is 12.1. The van der Waals surface area contributed by atoms with Gasteiger partial charge in [-0.2, -0.15) is 11.3 Å². The van der Waals surface area contributed by atoms with Crippen molar-refractivity contribution in [2.45, 2.75) is 26.5 Å². The largest absolute Gasteiger partial charge is 0.491 e. The molecule has 2 amide bonds. The second-order valence-corrected chi connectivity index (χ2v) is 6.22. The Kier molecular flexibility index (Phi) is 5.76. The Morgan fingerprint density at radius 3 is 2.74 bits per heavy atom. The van der Waals surface area contributed by atoms with Crippen molar-refractivity contribution in [2.24, 2.45) is 0 Å². The minimum atomic E-state index is -0.638. The van der Waals surface area contributed by atoms with Crippen LogP contribution in [0.25, 0.3) is 0 Å². The van der Waals surface area contributed by atoms with Crippen LogP contribution in [0.1, 0.15) is 19.4 Å². The molecule has 1 N–H and O–H groups in total. The highest BCUT2D eigenvalue weighted by molar-refractivity contribution is 7.08. The molecule has 122 valence electrons. The number of rotatable bonds is 5. The molecule has 0 aliphatic heterocycles. The van der Waals surface area contributed by atoms with Crippen molar-refractivity contribution in [3.8, 4) is 5.75 Å². The van der Waals surface area contributed by atoms with Gasteiger partial charge in [-0.25, -0.2) is 0 Å². The molecule has 2 rings (SSSR count). The molecule has 2 aromatic rings. The van der Waals surface area contributed by atoms with Crippen molar-refractivity contribution < 1.29 is 14.3 Å². The first-order valence-corrected chi connectivity index (χ1v) is 8.24. The predicted octanol–water partition coefficient (Wildman–Crippen LogP) is 3.13. The Morgan fingerprint density at radius 2 is 2.09 bits per heavy atom. The molecule has 23 heavy (non-hydrogen) atoms. The summed E-state index contributed by atoms with van der Waals surface area (Å²) in [6, 6.07) is 9.27. The zero-order valence-corrected chi connectivity index (χ0v) is 14.2. The van der Waals surface area contributed by atoms with Crippen molar-refractivity contribution in [3.63, 3.8) is 0 Å². The van der Waals surface area contributed by atoms with E-state index in [1.54, 1.807) is 18.5 Å². The summed E-state index contributed by atoms with van der Waals surface area (Å²) in [6.07, 6.45) is 0.0843. The first-order valence-electron chi connectivity index (χ1n) is 7.30. The van der Waals surface area contributed by atoms with Gasteiger partial charge in [0, 0.05) is 19.0 Å². The monoisotopic (exact) mass is 332 g/mol. The topological polar surface area (TPSA) is 58.6 Å². The van der Waals surface area contributed by atoms with E-state index >= 15 is 0 Å². The summed E-state index contributed by atoms with van der Waals surface area (Å²) in [5, 5.41) is 6.19. The van der Waals surface area contributed by atoms with Crippen LogP contribution in [0, 0.1) is 0 Å². The molecule has 0 bridgehead atoms. The SMILES string of the molecule is CC(C)Oc1cccc(CN(C)C(=O)C(=O)Nc2ccsc2)c1. The van der Waals surface area contributed by atoms with Gasteiger partial charge in [0.2, 0.25) is 0 Å². The van der Waals surface area contributed by atoms with Gasteiger partial charge in [-0.1, -0.05) is 12.1 Å². The van der Waals surface area contributed by atoms with E-state index in [1.807, 2.05) is 43.5 Å². The highest BCUT2D eigenvalue weighted by atomic mass is 32.1. The van der Waals surface area contributed by atoms with Crippen LogP contribution in [0.2, 0.25) is 0 Å². The second-order valence-electron chi connectivity index (χ2n) is 5.44. The molecule has 0 saturated heterocycles. The Bertz CT molecular complexity index is 668. The minimum absolute atomic E-state index is 0.0843. The molecule has 0 radical (unpaired) electrons. The van der Waals surface area contributed by atoms with Crippen LogP contribution in [0.4, 0.5) is 5.69 Å². The van der Waals surface area contributed by atoms with Crippen LogP contribution in [0.5, 0.6) is 5.75 Å². The molecule has 0 spiro atoms. The van der Waals surface area contributed by atoms with E-state index in [1.165, 1.54) is 16.2 Å². The average Bonchev–Trinajstić information content (AvgIpc) is 2.99. The van der Waals surface area contributed by atoms with Gasteiger partial charge in [0.05, 0.1) is 11.8 Å². The number of ether oxygens (including phenoxy) is 1. The molecular formula is C17H20N2O3S. The van der Waals surface area contributed by atoms with E-state index in [0.717, 1.165) is 11.3 Å². The molecule has 0 aliphatic rings. The number of likely N-dealkylation sites (N-methyl/N-ethyl adjacent to an activating group) is 1. The number of hydrogen-bond donors (Lipinski definition) is 1. The van der Waals surface area contributed by atoms with Crippen LogP contribution < -0.4 is 10.1 Å².